The normalized spacial score (nSPS) is 9.85. The predicted molar refractivity (Wildman–Crippen MR) is 82.3 cm³/mol. The number of rotatable bonds is 4. The average molecular weight is 382 g/mol. The Morgan fingerprint density at radius 1 is 1.20 bits per heavy atom. The molecule has 0 unspecified atom stereocenters. The molecule has 5 nitrogen and oxygen atoms in total. The Bertz CT molecular complexity index is 617. The third kappa shape index (κ3) is 4.02. The van der Waals surface area contributed by atoms with Gasteiger partial charge in [0.15, 0.2) is 6.61 Å². The van der Waals surface area contributed by atoms with Crippen molar-refractivity contribution in [3.63, 3.8) is 0 Å². The smallest absolute Gasteiger partial charge is 0.340 e. The third-order valence-corrected chi connectivity index (χ3v) is 3.32. The highest BCUT2D eigenvalue weighted by molar-refractivity contribution is 14.1. The van der Waals surface area contributed by atoms with Crippen molar-refractivity contribution in [1.82, 2.24) is 4.98 Å². The number of para-hydroxylation sites is 1. The first-order chi connectivity index (χ1) is 9.66. The molecule has 0 saturated carbocycles. The van der Waals surface area contributed by atoms with Crippen molar-refractivity contribution >= 4 is 40.2 Å². The molecule has 0 radical (unpaired) electrons. The fourth-order valence-electron chi connectivity index (χ4n) is 1.45. The van der Waals surface area contributed by atoms with Crippen molar-refractivity contribution in [1.29, 1.82) is 0 Å². The summed E-state index contributed by atoms with van der Waals surface area (Å²) in [6.07, 6.45) is 2.95. The number of hydrogen-bond donors (Lipinski definition) is 1. The zero-order valence-electron chi connectivity index (χ0n) is 10.4. The van der Waals surface area contributed by atoms with E-state index < -0.39 is 5.97 Å². The summed E-state index contributed by atoms with van der Waals surface area (Å²) < 4.78 is 5.82. The molecule has 0 bridgehead atoms. The minimum Gasteiger partial charge on any atom is -0.452 e. The summed E-state index contributed by atoms with van der Waals surface area (Å²) in [7, 11) is 0. The summed E-state index contributed by atoms with van der Waals surface area (Å²) in [5.41, 5.74) is 1.00. The van der Waals surface area contributed by atoms with Crippen molar-refractivity contribution < 1.29 is 14.3 Å². The number of pyridine rings is 1. The number of ether oxygens (including phenoxy) is 1. The maximum atomic E-state index is 11.7. The zero-order valence-corrected chi connectivity index (χ0v) is 12.5. The molecular weight excluding hydrogens is 371 g/mol. The number of nitrogens with zero attached hydrogens (tertiary/aromatic N) is 1. The molecule has 102 valence electrons. The number of benzene rings is 1. The molecule has 0 fully saturated rings. The zero-order chi connectivity index (χ0) is 14.4. The lowest BCUT2D eigenvalue weighted by Gasteiger charge is -2.07. The summed E-state index contributed by atoms with van der Waals surface area (Å²) in [5, 5.41) is 2.68. The summed E-state index contributed by atoms with van der Waals surface area (Å²) >= 11 is 2.11. The number of esters is 1. The number of nitrogens with one attached hydrogen (secondary N) is 1. The van der Waals surface area contributed by atoms with Crippen LogP contribution in [-0.4, -0.2) is 23.5 Å². The molecule has 20 heavy (non-hydrogen) atoms. The summed E-state index contributed by atoms with van der Waals surface area (Å²) in [6.45, 7) is -0.335. The fourth-order valence-corrected chi connectivity index (χ4v) is 1.97. The van der Waals surface area contributed by atoms with Crippen LogP contribution in [0.15, 0.2) is 48.8 Å². The lowest BCUT2D eigenvalue weighted by molar-refractivity contribution is -0.119. The van der Waals surface area contributed by atoms with Crippen LogP contribution in [0.4, 0.5) is 5.69 Å². The maximum absolute atomic E-state index is 11.7. The quantitative estimate of drug-likeness (QED) is 0.652. The Hall–Kier alpha value is -1.96. The largest absolute Gasteiger partial charge is 0.452 e. The van der Waals surface area contributed by atoms with E-state index in [2.05, 4.69) is 32.9 Å². The Morgan fingerprint density at radius 3 is 2.70 bits per heavy atom. The van der Waals surface area contributed by atoms with Gasteiger partial charge in [0, 0.05) is 16.0 Å². The fraction of sp³-hybridized carbons (Fsp3) is 0.0714. The van der Waals surface area contributed by atoms with Crippen LogP contribution in [0.2, 0.25) is 0 Å². The molecule has 1 N–H and O–H groups in total. The first-order valence-corrected chi connectivity index (χ1v) is 6.86. The molecule has 1 aromatic carbocycles. The van der Waals surface area contributed by atoms with Crippen molar-refractivity contribution in [3.8, 4) is 0 Å². The van der Waals surface area contributed by atoms with Crippen LogP contribution in [0.3, 0.4) is 0 Å². The van der Waals surface area contributed by atoms with Crippen LogP contribution in [0.1, 0.15) is 10.4 Å². The molecule has 2 rings (SSSR count). The minimum absolute atomic E-state index is 0.314. The number of halogens is 1. The number of amides is 1. The highest BCUT2D eigenvalue weighted by Gasteiger charge is 2.10. The molecule has 0 atom stereocenters. The Balaban J connectivity index is 1.87. The van der Waals surface area contributed by atoms with E-state index in [1.807, 2.05) is 18.2 Å². The first kappa shape index (κ1) is 14.4. The molecule has 0 aliphatic rings. The van der Waals surface area contributed by atoms with Gasteiger partial charge in [0.25, 0.3) is 5.91 Å². The molecule has 0 saturated heterocycles. The Labute approximate surface area is 129 Å². The topological polar surface area (TPSA) is 68.3 Å². The number of hydrogen-bond acceptors (Lipinski definition) is 4. The van der Waals surface area contributed by atoms with Gasteiger partial charge in [0.1, 0.15) is 0 Å². The van der Waals surface area contributed by atoms with E-state index in [1.165, 1.54) is 6.20 Å². The number of carbonyl (C=O) groups is 2. The van der Waals surface area contributed by atoms with Gasteiger partial charge >= 0.3 is 5.97 Å². The van der Waals surface area contributed by atoms with E-state index in [0.717, 1.165) is 3.57 Å². The molecule has 1 amide bonds. The molecular formula is C14H11IN2O3. The Morgan fingerprint density at radius 2 is 2.00 bits per heavy atom. The predicted octanol–water partition coefficient (Wildman–Crippen LogP) is 2.48. The first-order valence-electron chi connectivity index (χ1n) is 5.78. The van der Waals surface area contributed by atoms with Gasteiger partial charge in [-0.25, -0.2) is 4.79 Å². The summed E-state index contributed by atoms with van der Waals surface area (Å²) in [4.78, 5) is 27.1. The second kappa shape index (κ2) is 6.99. The molecule has 1 heterocycles. The van der Waals surface area contributed by atoms with Gasteiger partial charge in [-0.15, -0.1) is 0 Å². The van der Waals surface area contributed by atoms with Crippen molar-refractivity contribution in [2.45, 2.75) is 0 Å². The van der Waals surface area contributed by atoms with Crippen molar-refractivity contribution in [2.75, 3.05) is 11.9 Å². The van der Waals surface area contributed by atoms with Gasteiger partial charge in [0.05, 0.1) is 11.3 Å². The number of carbonyl (C=O) groups excluding carboxylic acids is 2. The van der Waals surface area contributed by atoms with Crippen LogP contribution in [-0.2, 0) is 9.53 Å². The monoisotopic (exact) mass is 382 g/mol. The minimum atomic E-state index is -0.573. The van der Waals surface area contributed by atoms with Gasteiger partial charge in [-0.3, -0.25) is 9.78 Å². The van der Waals surface area contributed by atoms with Crippen LogP contribution < -0.4 is 5.32 Å². The summed E-state index contributed by atoms with van der Waals surface area (Å²) in [6, 6.07) is 10.6. The van der Waals surface area contributed by atoms with Gasteiger partial charge in [-0.1, -0.05) is 12.1 Å². The average Bonchev–Trinajstić information content (AvgIpc) is 2.48. The van der Waals surface area contributed by atoms with Crippen LogP contribution in [0.5, 0.6) is 0 Å². The maximum Gasteiger partial charge on any atom is 0.340 e. The van der Waals surface area contributed by atoms with E-state index in [-0.39, 0.29) is 12.5 Å². The number of anilines is 1. The highest BCUT2D eigenvalue weighted by Crippen LogP contribution is 2.16. The van der Waals surface area contributed by atoms with E-state index >= 15 is 0 Å². The third-order valence-electron chi connectivity index (χ3n) is 2.38. The van der Waals surface area contributed by atoms with E-state index in [4.69, 9.17) is 4.74 Å². The molecule has 0 aliphatic carbocycles. The second-order valence-corrected chi connectivity index (χ2v) is 5.01. The highest BCUT2D eigenvalue weighted by atomic mass is 127. The van der Waals surface area contributed by atoms with Crippen LogP contribution in [0.25, 0.3) is 0 Å². The van der Waals surface area contributed by atoms with Crippen molar-refractivity contribution in [2.24, 2.45) is 0 Å². The lowest BCUT2D eigenvalue weighted by Crippen LogP contribution is -2.21. The lowest BCUT2D eigenvalue weighted by atomic mass is 10.3. The molecule has 0 aliphatic heterocycles. The summed E-state index contributed by atoms with van der Waals surface area (Å²) in [5.74, 6) is -0.956. The van der Waals surface area contributed by atoms with Crippen molar-refractivity contribution in [3.05, 3.63) is 57.9 Å². The van der Waals surface area contributed by atoms with Gasteiger partial charge in [0.2, 0.25) is 0 Å². The van der Waals surface area contributed by atoms with Crippen LogP contribution >= 0.6 is 22.6 Å². The second-order valence-electron chi connectivity index (χ2n) is 3.85. The number of aromatic nitrogens is 1. The molecule has 0 spiro atoms. The van der Waals surface area contributed by atoms with E-state index in [9.17, 15) is 9.59 Å². The SMILES string of the molecule is O=C(COC(=O)c1cccnc1)Nc1ccccc1I. The molecule has 6 heteroatoms. The van der Waals surface area contributed by atoms with E-state index in [1.54, 1.807) is 24.4 Å². The Kier molecular flexibility index (Phi) is 5.05. The van der Waals surface area contributed by atoms with E-state index in [0.29, 0.717) is 11.3 Å². The van der Waals surface area contributed by atoms with Crippen LogP contribution in [0, 0.1) is 3.57 Å². The van der Waals surface area contributed by atoms with Gasteiger partial charge < -0.3 is 10.1 Å². The molecule has 2 aromatic rings. The molecule has 1 aromatic heterocycles. The van der Waals surface area contributed by atoms with Gasteiger partial charge in [-0.2, -0.15) is 0 Å². The van der Waals surface area contributed by atoms with Gasteiger partial charge in [-0.05, 0) is 46.9 Å². The standard InChI is InChI=1S/C14H11IN2O3/c15-11-5-1-2-6-12(11)17-13(18)9-20-14(19)10-4-3-7-16-8-10/h1-8H,9H2,(H,17,18).